The van der Waals surface area contributed by atoms with E-state index in [2.05, 4.69) is 15.6 Å². The SMILES string of the molecule is Cc1cc(C(=O)Nc2nc3c(s2)CNCC3)ccc1F. The van der Waals surface area contributed by atoms with Gasteiger partial charge >= 0.3 is 0 Å². The standard InChI is InChI=1S/C14H14FN3OS/c1-8-6-9(2-3-10(8)15)13(19)18-14-17-11-4-5-16-7-12(11)20-14/h2-3,6,16H,4-5,7H2,1H3,(H,17,18,19). The van der Waals surface area contributed by atoms with Crippen LogP contribution >= 0.6 is 11.3 Å². The molecule has 0 radical (unpaired) electrons. The van der Waals surface area contributed by atoms with Gasteiger partial charge in [-0.05, 0) is 30.7 Å². The van der Waals surface area contributed by atoms with Crippen LogP contribution in [0.15, 0.2) is 18.2 Å². The van der Waals surface area contributed by atoms with Crippen LogP contribution in [0.5, 0.6) is 0 Å². The minimum absolute atomic E-state index is 0.257. The van der Waals surface area contributed by atoms with E-state index in [0.717, 1.165) is 25.2 Å². The van der Waals surface area contributed by atoms with E-state index >= 15 is 0 Å². The maximum atomic E-state index is 13.2. The average molecular weight is 291 g/mol. The summed E-state index contributed by atoms with van der Waals surface area (Å²) in [6.45, 7) is 3.36. The number of thiazole rings is 1. The summed E-state index contributed by atoms with van der Waals surface area (Å²) in [7, 11) is 0. The Kier molecular flexibility index (Phi) is 3.50. The molecule has 0 aliphatic carbocycles. The van der Waals surface area contributed by atoms with Crippen LogP contribution in [0.25, 0.3) is 0 Å². The normalized spacial score (nSPS) is 13.9. The van der Waals surface area contributed by atoms with E-state index in [4.69, 9.17) is 0 Å². The quantitative estimate of drug-likeness (QED) is 0.894. The number of aromatic nitrogens is 1. The van der Waals surface area contributed by atoms with Gasteiger partial charge in [0.15, 0.2) is 5.13 Å². The molecule has 20 heavy (non-hydrogen) atoms. The number of aryl methyl sites for hydroxylation is 1. The van der Waals surface area contributed by atoms with E-state index in [1.54, 1.807) is 13.0 Å². The smallest absolute Gasteiger partial charge is 0.257 e. The third kappa shape index (κ3) is 2.57. The number of nitrogens with zero attached hydrogens (tertiary/aromatic N) is 1. The zero-order valence-electron chi connectivity index (χ0n) is 11.0. The molecule has 0 saturated carbocycles. The Morgan fingerprint density at radius 3 is 3.10 bits per heavy atom. The van der Waals surface area contributed by atoms with Crippen molar-refractivity contribution in [2.24, 2.45) is 0 Å². The first-order valence-corrected chi connectivity index (χ1v) is 7.22. The van der Waals surface area contributed by atoms with Gasteiger partial charge in [-0.2, -0.15) is 0 Å². The summed E-state index contributed by atoms with van der Waals surface area (Å²) in [5, 5.41) is 6.65. The number of anilines is 1. The molecule has 1 aromatic carbocycles. The Balaban J connectivity index is 1.78. The lowest BCUT2D eigenvalue weighted by Gasteiger charge is -2.09. The maximum absolute atomic E-state index is 13.2. The predicted molar refractivity (Wildman–Crippen MR) is 76.6 cm³/mol. The highest BCUT2D eigenvalue weighted by Gasteiger charge is 2.16. The number of amides is 1. The zero-order valence-corrected chi connectivity index (χ0v) is 11.8. The van der Waals surface area contributed by atoms with Crippen molar-refractivity contribution >= 4 is 22.4 Å². The molecule has 6 heteroatoms. The summed E-state index contributed by atoms with van der Waals surface area (Å²) in [4.78, 5) is 17.7. The van der Waals surface area contributed by atoms with E-state index in [-0.39, 0.29) is 11.7 Å². The molecule has 2 N–H and O–H groups in total. The number of hydrogen-bond acceptors (Lipinski definition) is 4. The Morgan fingerprint density at radius 1 is 1.50 bits per heavy atom. The molecule has 0 saturated heterocycles. The van der Waals surface area contributed by atoms with Gasteiger partial charge in [0.05, 0.1) is 5.69 Å². The van der Waals surface area contributed by atoms with Crippen molar-refractivity contribution in [1.29, 1.82) is 0 Å². The van der Waals surface area contributed by atoms with Crippen molar-refractivity contribution in [3.8, 4) is 0 Å². The molecule has 0 bridgehead atoms. The number of benzene rings is 1. The van der Waals surface area contributed by atoms with Crippen LogP contribution < -0.4 is 10.6 Å². The van der Waals surface area contributed by atoms with E-state index in [1.165, 1.54) is 28.3 Å². The molecular formula is C14H14FN3OS. The van der Waals surface area contributed by atoms with Crippen molar-refractivity contribution in [1.82, 2.24) is 10.3 Å². The molecular weight excluding hydrogens is 277 g/mol. The first kappa shape index (κ1) is 13.2. The molecule has 1 amide bonds. The summed E-state index contributed by atoms with van der Waals surface area (Å²) in [5.41, 5.74) is 1.95. The third-order valence-corrected chi connectivity index (χ3v) is 4.26. The summed E-state index contributed by atoms with van der Waals surface area (Å²) < 4.78 is 13.2. The van der Waals surface area contributed by atoms with E-state index in [1.807, 2.05) is 0 Å². The first-order valence-electron chi connectivity index (χ1n) is 6.40. The van der Waals surface area contributed by atoms with Gasteiger partial charge in [-0.1, -0.05) is 0 Å². The molecule has 104 valence electrons. The third-order valence-electron chi connectivity index (χ3n) is 3.24. The van der Waals surface area contributed by atoms with Gasteiger partial charge in [0.25, 0.3) is 5.91 Å². The van der Waals surface area contributed by atoms with Crippen molar-refractivity contribution in [2.75, 3.05) is 11.9 Å². The van der Waals surface area contributed by atoms with E-state index < -0.39 is 0 Å². The van der Waals surface area contributed by atoms with Crippen LogP contribution in [0.2, 0.25) is 0 Å². The number of halogens is 1. The van der Waals surface area contributed by atoms with Gasteiger partial charge in [0.2, 0.25) is 0 Å². The monoisotopic (exact) mass is 291 g/mol. The van der Waals surface area contributed by atoms with Crippen LogP contribution in [-0.2, 0) is 13.0 Å². The fourth-order valence-electron chi connectivity index (χ4n) is 2.13. The lowest BCUT2D eigenvalue weighted by Crippen LogP contribution is -2.22. The lowest BCUT2D eigenvalue weighted by molar-refractivity contribution is 0.102. The molecule has 2 aromatic rings. The van der Waals surface area contributed by atoms with Crippen LogP contribution in [0.1, 0.15) is 26.5 Å². The molecule has 2 heterocycles. The highest BCUT2D eigenvalue weighted by molar-refractivity contribution is 7.15. The van der Waals surface area contributed by atoms with E-state index in [9.17, 15) is 9.18 Å². The molecule has 0 atom stereocenters. The highest BCUT2D eigenvalue weighted by Crippen LogP contribution is 2.25. The minimum atomic E-state index is -0.308. The Labute approximate surface area is 120 Å². The Morgan fingerprint density at radius 2 is 2.35 bits per heavy atom. The second-order valence-electron chi connectivity index (χ2n) is 4.73. The van der Waals surface area contributed by atoms with Gasteiger partial charge in [0, 0.05) is 30.0 Å². The van der Waals surface area contributed by atoms with Crippen molar-refractivity contribution in [3.05, 3.63) is 45.7 Å². The van der Waals surface area contributed by atoms with Crippen LogP contribution in [0, 0.1) is 12.7 Å². The van der Waals surface area contributed by atoms with Crippen molar-refractivity contribution < 1.29 is 9.18 Å². The van der Waals surface area contributed by atoms with Crippen molar-refractivity contribution in [2.45, 2.75) is 19.9 Å². The Hall–Kier alpha value is -1.79. The molecule has 0 fully saturated rings. The van der Waals surface area contributed by atoms with Gasteiger partial charge in [-0.15, -0.1) is 11.3 Å². The fraction of sp³-hybridized carbons (Fsp3) is 0.286. The lowest BCUT2D eigenvalue weighted by atomic mass is 10.1. The molecule has 3 rings (SSSR count). The Bertz CT molecular complexity index is 645. The number of carbonyl (C=O) groups excluding carboxylic acids is 1. The summed E-state index contributed by atoms with van der Waals surface area (Å²) in [6, 6.07) is 4.33. The molecule has 1 aliphatic rings. The van der Waals surface area contributed by atoms with Gasteiger partial charge in [-0.3, -0.25) is 10.1 Å². The number of fused-ring (bicyclic) bond motifs is 1. The molecule has 4 nitrogen and oxygen atoms in total. The zero-order chi connectivity index (χ0) is 14.1. The van der Waals surface area contributed by atoms with Gasteiger partial charge < -0.3 is 5.32 Å². The number of rotatable bonds is 2. The topological polar surface area (TPSA) is 54.0 Å². The van der Waals surface area contributed by atoms with Crippen LogP contribution in [-0.4, -0.2) is 17.4 Å². The predicted octanol–water partition coefficient (Wildman–Crippen LogP) is 2.49. The number of nitrogens with one attached hydrogen (secondary N) is 2. The second-order valence-corrected chi connectivity index (χ2v) is 5.82. The number of hydrogen-bond donors (Lipinski definition) is 2. The van der Waals surface area contributed by atoms with Crippen LogP contribution in [0.3, 0.4) is 0 Å². The minimum Gasteiger partial charge on any atom is -0.311 e. The van der Waals surface area contributed by atoms with Gasteiger partial charge in [0.1, 0.15) is 5.82 Å². The fourth-order valence-corrected chi connectivity index (χ4v) is 3.11. The van der Waals surface area contributed by atoms with Crippen molar-refractivity contribution in [3.63, 3.8) is 0 Å². The molecule has 1 aromatic heterocycles. The molecule has 1 aliphatic heterocycles. The second kappa shape index (κ2) is 5.30. The maximum Gasteiger partial charge on any atom is 0.257 e. The molecule has 0 unspecified atom stereocenters. The molecule has 0 spiro atoms. The highest BCUT2D eigenvalue weighted by atomic mass is 32.1. The summed E-state index contributed by atoms with van der Waals surface area (Å²) >= 11 is 1.49. The average Bonchev–Trinajstić information content (AvgIpc) is 2.83. The van der Waals surface area contributed by atoms with E-state index in [0.29, 0.717) is 16.3 Å². The van der Waals surface area contributed by atoms with Gasteiger partial charge in [-0.25, -0.2) is 9.37 Å². The first-order chi connectivity index (χ1) is 9.63. The number of carbonyl (C=O) groups is 1. The van der Waals surface area contributed by atoms with Crippen LogP contribution in [0.4, 0.5) is 9.52 Å². The summed E-state index contributed by atoms with van der Waals surface area (Å²) in [5.74, 6) is -0.565. The largest absolute Gasteiger partial charge is 0.311 e. The summed E-state index contributed by atoms with van der Waals surface area (Å²) in [6.07, 6.45) is 0.886.